The Morgan fingerprint density at radius 1 is 1.40 bits per heavy atom. The zero-order chi connectivity index (χ0) is 18.0. The Labute approximate surface area is 159 Å². The highest BCUT2D eigenvalue weighted by Gasteiger charge is 2.26. The summed E-state index contributed by atoms with van der Waals surface area (Å²) in [6, 6.07) is 7.88. The van der Waals surface area contributed by atoms with Crippen LogP contribution in [-0.2, 0) is 17.6 Å². The zero-order valence-electron chi connectivity index (χ0n) is 13.9. The molecule has 0 bridgehead atoms. The molecule has 2 atom stereocenters. The molecule has 2 aromatic rings. The minimum Gasteiger partial charge on any atom is -0.479 e. The van der Waals surface area contributed by atoms with E-state index in [2.05, 4.69) is 28.2 Å². The van der Waals surface area contributed by atoms with Gasteiger partial charge in [-0.25, -0.2) is 4.79 Å². The number of fused-ring (bicyclic) bond motifs is 1. The first-order valence-electron chi connectivity index (χ1n) is 8.38. The van der Waals surface area contributed by atoms with Crippen molar-refractivity contribution in [1.29, 1.82) is 0 Å². The van der Waals surface area contributed by atoms with Crippen LogP contribution >= 0.6 is 27.3 Å². The molecular formula is C19H20BrNO3S. The van der Waals surface area contributed by atoms with Crippen LogP contribution in [-0.4, -0.2) is 17.0 Å². The van der Waals surface area contributed by atoms with E-state index in [1.807, 2.05) is 12.1 Å². The van der Waals surface area contributed by atoms with Gasteiger partial charge in [0.2, 0.25) is 0 Å². The summed E-state index contributed by atoms with van der Waals surface area (Å²) in [6.45, 7) is 2.20. The summed E-state index contributed by atoms with van der Waals surface area (Å²) in [5.41, 5.74) is 1.80. The second-order valence-electron chi connectivity index (χ2n) is 6.38. The third-order valence-electron chi connectivity index (χ3n) is 4.69. The first kappa shape index (κ1) is 18.1. The van der Waals surface area contributed by atoms with Gasteiger partial charge in [-0.3, -0.25) is 4.79 Å². The molecule has 1 aromatic heterocycles. The molecule has 2 unspecified atom stereocenters. The van der Waals surface area contributed by atoms with E-state index in [9.17, 15) is 14.7 Å². The molecule has 25 heavy (non-hydrogen) atoms. The van der Waals surface area contributed by atoms with Gasteiger partial charge in [-0.2, -0.15) is 0 Å². The van der Waals surface area contributed by atoms with Gasteiger partial charge >= 0.3 is 5.97 Å². The molecule has 0 fully saturated rings. The van der Waals surface area contributed by atoms with E-state index in [0.29, 0.717) is 16.4 Å². The largest absolute Gasteiger partial charge is 0.479 e. The minimum atomic E-state index is -1.07. The predicted octanol–water partition coefficient (Wildman–Crippen LogP) is 4.58. The van der Waals surface area contributed by atoms with Crippen LogP contribution in [0.5, 0.6) is 0 Å². The molecule has 0 aliphatic heterocycles. The molecule has 0 spiro atoms. The second-order valence-corrected chi connectivity index (χ2v) is 8.43. The SMILES string of the molecule is CCC1CCc2sc(C(=O)NC(C(=O)O)c3cccc(Br)c3)cc2C1. The van der Waals surface area contributed by atoms with Crippen LogP contribution in [0.25, 0.3) is 0 Å². The average molecular weight is 422 g/mol. The van der Waals surface area contributed by atoms with E-state index in [1.165, 1.54) is 28.2 Å². The lowest BCUT2D eigenvalue weighted by Crippen LogP contribution is -2.33. The smallest absolute Gasteiger partial charge is 0.330 e. The van der Waals surface area contributed by atoms with E-state index in [4.69, 9.17) is 0 Å². The number of carboxylic acids is 1. The van der Waals surface area contributed by atoms with Gasteiger partial charge in [0.05, 0.1) is 4.88 Å². The number of nitrogens with one attached hydrogen (secondary N) is 1. The summed E-state index contributed by atoms with van der Waals surface area (Å²) in [5, 5.41) is 12.2. The number of hydrogen-bond acceptors (Lipinski definition) is 3. The van der Waals surface area contributed by atoms with Crippen LogP contribution < -0.4 is 5.32 Å². The van der Waals surface area contributed by atoms with Crippen molar-refractivity contribution >= 4 is 39.1 Å². The first-order chi connectivity index (χ1) is 12.0. The van der Waals surface area contributed by atoms with Crippen molar-refractivity contribution in [2.75, 3.05) is 0 Å². The van der Waals surface area contributed by atoms with Crippen LogP contribution in [0.4, 0.5) is 0 Å². The van der Waals surface area contributed by atoms with Crippen molar-refractivity contribution in [2.45, 2.75) is 38.6 Å². The second kappa shape index (κ2) is 7.70. The summed E-state index contributed by atoms with van der Waals surface area (Å²) in [6.07, 6.45) is 4.35. The lowest BCUT2D eigenvalue weighted by Gasteiger charge is -2.19. The van der Waals surface area contributed by atoms with Gasteiger partial charge in [-0.1, -0.05) is 41.4 Å². The van der Waals surface area contributed by atoms with Crippen molar-refractivity contribution in [2.24, 2.45) is 5.92 Å². The van der Waals surface area contributed by atoms with Crippen LogP contribution in [0.2, 0.25) is 0 Å². The molecule has 6 heteroatoms. The zero-order valence-corrected chi connectivity index (χ0v) is 16.3. The summed E-state index contributed by atoms with van der Waals surface area (Å²) >= 11 is 4.83. The van der Waals surface area contributed by atoms with E-state index in [-0.39, 0.29) is 5.91 Å². The number of carbonyl (C=O) groups is 2. The Morgan fingerprint density at radius 3 is 2.88 bits per heavy atom. The molecule has 0 saturated heterocycles. The molecule has 0 saturated carbocycles. The quantitative estimate of drug-likeness (QED) is 0.741. The molecule has 1 amide bonds. The lowest BCUT2D eigenvalue weighted by atomic mass is 9.87. The van der Waals surface area contributed by atoms with E-state index >= 15 is 0 Å². The van der Waals surface area contributed by atoms with Crippen molar-refractivity contribution in [3.05, 3.63) is 55.7 Å². The standard InChI is InChI=1S/C19H20BrNO3S/c1-2-11-6-7-15-13(8-11)10-16(25-15)18(22)21-17(19(23)24)12-4-3-5-14(20)9-12/h3-5,9-11,17H,2,6-8H2,1H3,(H,21,22)(H,23,24). The van der Waals surface area contributed by atoms with Gasteiger partial charge < -0.3 is 10.4 Å². The van der Waals surface area contributed by atoms with Gasteiger partial charge in [0.1, 0.15) is 0 Å². The summed E-state index contributed by atoms with van der Waals surface area (Å²) in [4.78, 5) is 26.1. The number of amides is 1. The third kappa shape index (κ3) is 4.12. The number of aryl methyl sites for hydroxylation is 1. The van der Waals surface area contributed by atoms with E-state index in [1.54, 1.807) is 18.2 Å². The van der Waals surface area contributed by atoms with Gasteiger partial charge in [-0.15, -0.1) is 11.3 Å². The maximum absolute atomic E-state index is 12.6. The predicted molar refractivity (Wildman–Crippen MR) is 102 cm³/mol. The highest BCUT2D eigenvalue weighted by molar-refractivity contribution is 9.10. The molecular weight excluding hydrogens is 402 g/mol. The summed E-state index contributed by atoms with van der Waals surface area (Å²) in [7, 11) is 0. The number of aliphatic carboxylic acids is 1. The van der Waals surface area contributed by atoms with Crippen LogP contribution in [0.3, 0.4) is 0 Å². The molecule has 1 aliphatic rings. The average Bonchev–Trinajstić information content (AvgIpc) is 3.02. The Kier molecular flexibility index (Phi) is 5.59. The number of halogens is 1. The number of carboxylic acid groups (broad SMARTS) is 1. The minimum absolute atomic E-state index is 0.320. The van der Waals surface area contributed by atoms with Gasteiger partial charge in [0, 0.05) is 9.35 Å². The fraction of sp³-hybridized carbons (Fsp3) is 0.368. The Hall–Kier alpha value is -1.66. The van der Waals surface area contributed by atoms with Crippen molar-refractivity contribution in [3.8, 4) is 0 Å². The van der Waals surface area contributed by atoms with Crippen molar-refractivity contribution in [1.82, 2.24) is 5.32 Å². The fourth-order valence-corrected chi connectivity index (χ4v) is 4.76. The van der Waals surface area contributed by atoms with E-state index in [0.717, 1.165) is 23.7 Å². The van der Waals surface area contributed by atoms with Gasteiger partial charge in [-0.05, 0) is 54.5 Å². The Morgan fingerprint density at radius 2 is 2.20 bits per heavy atom. The first-order valence-corrected chi connectivity index (χ1v) is 9.99. The Balaban J connectivity index is 1.79. The van der Waals surface area contributed by atoms with Crippen LogP contribution in [0.15, 0.2) is 34.8 Å². The lowest BCUT2D eigenvalue weighted by molar-refractivity contribution is -0.139. The topological polar surface area (TPSA) is 66.4 Å². The molecule has 4 nitrogen and oxygen atoms in total. The molecule has 1 aromatic carbocycles. The van der Waals surface area contributed by atoms with Gasteiger partial charge in [0.25, 0.3) is 5.91 Å². The van der Waals surface area contributed by atoms with Gasteiger partial charge in [0.15, 0.2) is 6.04 Å². The third-order valence-corrected chi connectivity index (χ3v) is 6.42. The number of carbonyl (C=O) groups excluding carboxylic acids is 1. The highest BCUT2D eigenvalue weighted by atomic mass is 79.9. The maximum Gasteiger partial charge on any atom is 0.330 e. The highest BCUT2D eigenvalue weighted by Crippen LogP contribution is 2.33. The van der Waals surface area contributed by atoms with Crippen LogP contribution in [0.1, 0.15) is 51.5 Å². The maximum atomic E-state index is 12.6. The summed E-state index contributed by atoms with van der Waals surface area (Å²) in [5.74, 6) is -0.704. The number of rotatable bonds is 5. The summed E-state index contributed by atoms with van der Waals surface area (Å²) < 4.78 is 0.780. The number of hydrogen-bond donors (Lipinski definition) is 2. The van der Waals surface area contributed by atoms with Crippen molar-refractivity contribution < 1.29 is 14.7 Å². The normalized spacial score (nSPS) is 17.6. The van der Waals surface area contributed by atoms with Crippen molar-refractivity contribution in [3.63, 3.8) is 0 Å². The molecule has 1 heterocycles. The molecule has 3 rings (SSSR count). The van der Waals surface area contributed by atoms with E-state index < -0.39 is 12.0 Å². The molecule has 2 N–H and O–H groups in total. The molecule has 132 valence electrons. The molecule has 1 aliphatic carbocycles. The molecule has 0 radical (unpaired) electrons. The monoisotopic (exact) mass is 421 g/mol. The Bertz CT molecular complexity index is 802. The fourth-order valence-electron chi connectivity index (χ4n) is 3.24. The number of thiophene rings is 1. The van der Waals surface area contributed by atoms with Crippen LogP contribution in [0, 0.1) is 5.92 Å². The number of benzene rings is 1.